The normalized spacial score (nSPS) is 20.6. The first kappa shape index (κ1) is 13.7. The lowest BCUT2D eigenvalue weighted by atomic mass is 9.99. The number of aliphatic hydroxyl groups excluding tert-OH is 1. The molecule has 0 spiro atoms. The Balaban J connectivity index is 2.44. The molecular weight excluding hydrogens is 242 g/mol. The second-order valence-corrected chi connectivity index (χ2v) is 5.03. The number of oxime groups is 1. The van der Waals surface area contributed by atoms with Crippen LogP contribution < -0.4 is 10.6 Å². The summed E-state index contributed by atoms with van der Waals surface area (Å²) in [6.45, 7) is 3.03. The van der Waals surface area contributed by atoms with Gasteiger partial charge in [0.05, 0.1) is 12.6 Å². The van der Waals surface area contributed by atoms with Crippen LogP contribution in [0.1, 0.15) is 30.4 Å². The highest BCUT2D eigenvalue weighted by Crippen LogP contribution is 2.28. The Hall–Kier alpha value is -1.75. The van der Waals surface area contributed by atoms with E-state index in [0.717, 1.165) is 37.1 Å². The summed E-state index contributed by atoms with van der Waals surface area (Å²) in [6, 6.07) is 5.94. The van der Waals surface area contributed by atoms with Crippen LogP contribution in [0, 0.1) is 6.92 Å². The van der Waals surface area contributed by atoms with Crippen molar-refractivity contribution in [2.45, 2.75) is 32.2 Å². The fraction of sp³-hybridized carbons (Fsp3) is 0.500. The molecule has 0 aliphatic carbocycles. The smallest absolute Gasteiger partial charge is 0.172 e. The zero-order valence-electron chi connectivity index (χ0n) is 11.2. The monoisotopic (exact) mass is 263 g/mol. The second-order valence-electron chi connectivity index (χ2n) is 5.03. The van der Waals surface area contributed by atoms with Gasteiger partial charge in [0.15, 0.2) is 5.84 Å². The predicted molar refractivity (Wildman–Crippen MR) is 75.8 cm³/mol. The number of amidine groups is 1. The van der Waals surface area contributed by atoms with E-state index in [0.29, 0.717) is 5.56 Å². The molecule has 1 aliphatic rings. The average Bonchev–Trinajstić information content (AvgIpc) is 2.46. The maximum atomic E-state index is 9.53. The molecule has 0 saturated carbocycles. The molecule has 2 rings (SSSR count). The number of benzene rings is 1. The van der Waals surface area contributed by atoms with Crippen LogP contribution in [0.5, 0.6) is 0 Å². The van der Waals surface area contributed by atoms with E-state index in [-0.39, 0.29) is 18.5 Å². The molecule has 1 aromatic carbocycles. The molecule has 5 nitrogen and oxygen atoms in total. The summed E-state index contributed by atoms with van der Waals surface area (Å²) in [5, 5.41) is 21.5. The number of hydrogen-bond donors (Lipinski definition) is 3. The Morgan fingerprint density at radius 2 is 2.26 bits per heavy atom. The Morgan fingerprint density at radius 1 is 1.47 bits per heavy atom. The highest BCUT2D eigenvalue weighted by atomic mass is 16.4. The van der Waals surface area contributed by atoms with Crippen LogP contribution >= 0.6 is 0 Å². The van der Waals surface area contributed by atoms with Gasteiger partial charge < -0.3 is 20.9 Å². The number of piperidine rings is 1. The molecule has 1 heterocycles. The Morgan fingerprint density at radius 3 is 2.95 bits per heavy atom. The first-order valence-corrected chi connectivity index (χ1v) is 6.63. The second kappa shape index (κ2) is 5.93. The fourth-order valence-corrected chi connectivity index (χ4v) is 2.66. The van der Waals surface area contributed by atoms with Gasteiger partial charge in [0.2, 0.25) is 0 Å². The molecule has 1 aliphatic heterocycles. The summed E-state index contributed by atoms with van der Waals surface area (Å²) < 4.78 is 0. The molecule has 0 bridgehead atoms. The Kier molecular flexibility index (Phi) is 4.27. The van der Waals surface area contributed by atoms with Crippen molar-refractivity contribution >= 4 is 11.5 Å². The minimum Gasteiger partial charge on any atom is -0.409 e. The maximum absolute atomic E-state index is 9.53. The summed E-state index contributed by atoms with van der Waals surface area (Å²) >= 11 is 0. The minimum atomic E-state index is 0.109. The van der Waals surface area contributed by atoms with E-state index in [2.05, 4.69) is 10.1 Å². The number of aliphatic hydroxyl groups is 1. The van der Waals surface area contributed by atoms with Crippen molar-refractivity contribution < 1.29 is 10.3 Å². The number of rotatable bonds is 3. The zero-order chi connectivity index (χ0) is 13.8. The molecule has 5 heteroatoms. The van der Waals surface area contributed by atoms with Crippen LogP contribution in [-0.4, -0.2) is 35.3 Å². The zero-order valence-corrected chi connectivity index (χ0v) is 11.2. The van der Waals surface area contributed by atoms with Crippen molar-refractivity contribution in [3.05, 3.63) is 29.3 Å². The maximum Gasteiger partial charge on any atom is 0.172 e. The molecular formula is C14H21N3O2. The van der Waals surface area contributed by atoms with Crippen LogP contribution in [-0.2, 0) is 0 Å². The first-order valence-electron chi connectivity index (χ1n) is 6.63. The van der Waals surface area contributed by atoms with E-state index in [4.69, 9.17) is 10.9 Å². The van der Waals surface area contributed by atoms with Crippen LogP contribution in [0.3, 0.4) is 0 Å². The quantitative estimate of drug-likeness (QED) is 0.333. The van der Waals surface area contributed by atoms with Gasteiger partial charge in [0.1, 0.15) is 0 Å². The molecule has 1 unspecified atom stereocenters. The molecule has 1 aromatic rings. The summed E-state index contributed by atoms with van der Waals surface area (Å²) in [4.78, 5) is 2.17. The summed E-state index contributed by atoms with van der Waals surface area (Å²) in [7, 11) is 0. The van der Waals surface area contributed by atoms with Crippen LogP contribution in [0.25, 0.3) is 0 Å². The first-order chi connectivity index (χ1) is 9.17. The number of anilines is 1. The van der Waals surface area contributed by atoms with Crippen molar-refractivity contribution in [1.82, 2.24) is 0 Å². The van der Waals surface area contributed by atoms with Crippen LogP contribution in [0.4, 0.5) is 5.69 Å². The predicted octanol–water partition coefficient (Wildman–Crippen LogP) is 1.44. The van der Waals surface area contributed by atoms with Gasteiger partial charge in [-0.25, -0.2) is 0 Å². The van der Waals surface area contributed by atoms with E-state index in [1.54, 1.807) is 0 Å². The molecule has 1 atom stereocenters. The van der Waals surface area contributed by atoms with Crippen LogP contribution in [0.15, 0.2) is 23.4 Å². The lowest BCUT2D eigenvalue weighted by molar-refractivity contribution is 0.240. The number of aryl methyl sites for hydroxylation is 1. The lowest BCUT2D eigenvalue weighted by Gasteiger charge is -2.37. The molecule has 1 fully saturated rings. The Labute approximate surface area is 113 Å². The van der Waals surface area contributed by atoms with Gasteiger partial charge in [0.25, 0.3) is 0 Å². The molecule has 104 valence electrons. The third-order valence-electron chi connectivity index (χ3n) is 3.68. The summed E-state index contributed by atoms with van der Waals surface area (Å²) in [5.74, 6) is 0.109. The highest BCUT2D eigenvalue weighted by molar-refractivity contribution is 6.02. The van der Waals surface area contributed by atoms with Gasteiger partial charge in [-0.3, -0.25) is 0 Å². The van der Waals surface area contributed by atoms with E-state index >= 15 is 0 Å². The third-order valence-corrected chi connectivity index (χ3v) is 3.68. The van der Waals surface area contributed by atoms with Crippen molar-refractivity contribution in [3.63, 3.8) is 0 Å². The summed E-state index contributed by atoms with van der Waals surface area (Å²) in [5.41, 5.74) is 8.52. The molecule has 0 amide bonds. The SMILES string of the molecule is Cc1ccc(C(N)=NO)c(N2CCCCC2CO)c1. The Bertz CT molecular complexity index is 474. The van der Waals surface area contributed by atoms with E-state index in [1.807, 2.05) is 25.1 Å². The van der Waals surface area contributed by atoms with Gasteiger partial charge in [0, 0.05) is 17.8 Å². The van der Waals surface area contributed by atoms with Crippen molar-refractivity contribution in [1.29, 1.82) is 0 Å². The number of hydrogen-bond acceptors (Lipinski definition) is 4. The lowest BCUT2D eigenvalue weighted by Crippen LogP contribution is -2.43. The fourth-order valence-electron chi connectivity index (χ4n) is 2.66. The standard InChI is InChI=1S/C14H21N3O2/c1-10-5-6-12(14(15)16-19)13(8-10)17-7-3-2-4-11(17)9-18/h5-6,8,11,18-19H,2-4,7,9H2,1H3,(H2,15,16). The van der Waals surface area contributed by atoms with E-state index < -0.39 is 0 Å². The van der Waals surface area contributed by atoms with Gasteiger partial charge in [-0.15, -0.1) is 0 Å². The van der Waals surface area contributed by atoms with E-state index in [1.165, 1.54) is 0 Å². The van der Waals surface area contributed by atoms with Crippen molar-refractivity contribution in [2.75, 3.05) is 18.1 Å². The minimum absolute atomic E-state index is 0.109. The number of nitrogens with two attached hydrogens (primary N) is 1. The number of nitrogens with zero attached hydrogens (tertiary/aromatic N) is 2. The highest BCUT2D eigenvalue weighted by Gasteiger charge is 2.24. The molecule has 1 saturated heterocycles. The topological polar surface area (TPSA) is 82.1 Å². The van der Waals surface area contributed by atoms with Crippen molar-refractivity contribution in [2.24, 2.45) is 10.9 Å². The molecule has 0 radical (unpaired) electrons. The average molecular weight is 263 g/mol. The molecule has 0 aromatic heterocycles. The van der Waals surface area contributed by atoms with E-state index in [9.17, 15) is 5.11 Å². The molecule has 19 heavy (non-hydrogen) atoms. The van der Waals surface area contributed by atoms with Gasteiger partial charge in [-0.05, 0) is 43.9 Å². The largest absolute Gasteiger partial charge is 0.409 e. The summed E-state index contributed by atoms with van der Waals surface area (Å²) in [6.07, 6.45) is 3.20. The van der Waals surface area contributed by atoms with Gasteiger partial charge >= 0.3 is 0 Å². The van der Waals surface area contributed by atoms with Gasteiger partial charge in [-0.2, -0.15) is 0 Å². The van der Waals surface area contributed by atoms with Gasteiger partial charge in [-0.1, -0.05) is 11.2 Å². The van der Waals surface area contributed by atoms with Crippen molar-refractivity contribution in [3.8, 4) is 0 Å². The molecule has 4 N–H and O–H groups in total. The third kappa shape index (κ3) is 2.81. The van der Waals surface area contributed by atoms with Crippen LogP contribution in [0.2, 0.25) is 0 Å².